The van der Waals surface area contributed by atoms with Crippen molar-refractivity contribution < 1.29 is 4.74 Å². The number of ether oxygens (including phenoxy) is 1. The first-order valence-electron chi connectivity index (χ1n) is 11.3. The number of benzene rings is 2. The summed E-state index contributed by atoms with van der Waals surface area (Å²) in [4.78, 5) is 7.33. The van der Waals surface area contributed by atoms with Gasteiger partial charge in [0.15, 0.2) is 0 Å². The summed E-state index contributed by atoms with van der Waals surface area (Å²) >= 11 is 13.4. The highest BCUT2D eigenvalue weighted by molar-refractivity contribution is 6.35. The predicted octanol–water partition coefficient (Wildman–Crippen LogP) is 6.97. The van der Waals surface area contributed by atoms with Crippen LogP contribution >= 0.6 is 23.2 Å². The lowest BCUT2D eigenvalue weighted by atomic mass is 9.73. The zero-order valence-electron chi connectivity index (χ0n) is 18.0. The van der Waals surface area contributed by atoms with Crippen molar-refractivity contribution in [2.24, 2.45) is 11.8 Å². The van der Waals surface area contributed by atoms with E-state index in [0.717, 1.165) is 59.3 Å². The molecule has 0 saturated heterocycles. The molecule has 31 heavy (non-hydrogen) atoms. The zero-order chi connectivity index (χ0) is 21.3. The number of hydrogen-bond donors (Lipinski definition) is 0. The van der Waals surface area contributed by atoms with Gasteiger partial charge in [-0.05, 0) is 67.7 Å². The van der Waals surface area contributed by atoms with Gasteiger partial charge in [0.25, 0.3) is 0 Å². The van der Waals surface area contributed by atoms with Crippen LogP contribution < -0.4 is 9.64 Å². The first kappa shape index (κ1) is 19.8. The minimum Gasteiger partial charge on any atom is -0.497 e. The van der Waals surface area contributed by atoms with Crippen molar-refractivity contribution in [3.63, 3.8) is 0 Å². The molecule has 6 rings (SSSR count). The summed E-state index contributed by atoms with van der Waals surface area (Å²) < 4.78 is 7.73. The third-order valence-electron chi connectivity index (χ3n) is 7.71. The molecule has 2 fully saturated rings. The normalized spacial score (nSPS) is 19.0. The maximum atomic E-state index is 6.72. The van der Waals surface area contributed by atoms with Crippen molar-refractivity contribution >= 4 is 45.9 Å². The summed E-state index contributed by atoms with van der Waals surface area (Å²) in [5.41, 5.74) is 4.79. The van der Waals surface area contributed by atoms with Gasteiger partial charge in [-0.2, -0.15) is 0 Å². The fourth-order valence-corrected chi connectivity index (χ4v) is 6.20. The van der Waals surface area contributed by atoms with E-state index in [2.05, 4.69) is 28.5 Å². The number of aromatic nitrogens is 2. The van der Waals surface area contributed by atoms with Crippen LogP contribution in [0.15, 0.2) is 30.3 Å². The van der Waals surface area contributed by atoms with Crippen molar-refractivity contribution in [1.29, 1.82) is 0 Å². The number of aryl methyl sites for hydroxylation is 1. The molecule has 4 nitrogen and oxygen atoms in total. The van der Waals surface area contributed by atoms with Crippen molar-refractivity contribution in [2.45, 2.75) is 51.0 Å². The van der Waals surface area contributed by atoms with E-state index >= 15 is 0 Å². The van der Waals surface area contributed by atoms with Gasteiger partial charge in [-0.3, -0.25) is 0 Å². The molecule has 0 N–H and O–H groups in total. The third kappa shape index (κ3) is 2.98. The second kappa shape index (κ2) is 7.05. The van der Waals surface area contributed by atoms with Crippen LogP contribution in [0.4, 0.5) is 11.6 Å². The standard InChI is InChI=1S/C25H27Cl2N3O/c1-25(15-4-5-15,16-6-7-16)18-9-10-19(26)22-23(18)30-13-3-12-29(24(30)28-22)21-11-8-17(31-2)14-20(21)27/h8-11,14-16H,3-7,12-13H2,1-2H3. The lowest BCUT2D eigenvalue weighted by Crippen LogP contribution is -2.30. The van der Waals surface area contributed by atoms with Gasteiger partial charge in [0.2, 0.25) is 5.95 Å². The monoisotopic (exact) mass is 455 g/mol. The summed E-state index contributed by atoms with van der Waals surface area (Å²) in [5, 5.41) is 1.40. The quantitative estimate of drug-likeness (QED) is 0.415. The van der Waals surface area contributed by atoms with Crippen LogP contribution in [0.2, 0.25) is 10.0 Å². The highest BCUT2D eigenvalue weighted by Gasteiger charge is 2.53. The van der Waals surface area contributed by atoms with Crippen molar-refractivity contribution in [3.05, 3.63) is 45.9 Å². The van der Waals surface area contributed by atoms with Crippen LogP contribution in [-0.4, -0.2) is 23.2 Å². The van der Waals surface area contributed by atoms with E-state index in [0.29, 0.717) is 5.02 Å². The second-order valence-electron chi connectivity index (χ2n) is 9.51. The highest BCUT2D eigenvalue weighted by Crippen LogP contribution is 2.60. The van der Waals surface area contributed by atoms with Crippen LogP contribution in [-0.2, 0) is 12.0 Å². The Balaban J connectivity index is 1.55. The number of fused-ring (bicyclic) bond motifs is 3. The van der Waals surface area contributed by atoms with Gasteiger partial charge in [-0.25, -0.2) is 4.98 Å². The van der Waals surface area contributed by atoms with E-state index in [1.165, 1.54) is 36.8 Å². The summed E-state index contributed by atoms with van der Waals surface area (Å²) in [6, 6.07) is 10.2. The van der Waals surface area contributed by atoms with Gasteiger partial charge in [-0.15, -0.1) is 0 Å². The van der Waals surface area contributed by atoms with E-state index in [1.807, 2.05) is 18.2 Å². The molecule has 1 aliphatic heterocycles. The number of anilines is 2. The van der Waals surface area contributed by atoms with Crippen LogP contribution in [0.25, 0.3) is 11.0 Å². The molecule has 2 saturated carbocycles. The van der Waals surface area contributed by atoms with Gasteiger partial charge < -0.3 is 14.2 Å². The van der Waals surface area contributed by atoms with Crippen molar-refractivity contribution in [2.75, 3.05) is 18.6 Å². The van der Waals surface area contributed by atoms with Gasteiger partial charge in [-0.1, -0.05) is 36.2 Å². The molecule has 2 aromatic carbocycles. The van der Waals surface area contributed by atoms with Gasteiger partial charge in [0, 0.05) is 24.6 Å². The number of rotatable bonds is 5. The molecular weight excluding hydrogens is 429 g/mol. The fraction of sp³-hybridized carbons (Fsp3) is 0.480. The van der Waals surface area contributed by atoms with E-state index in [1.54, 1.807) is 7.11 Å². The second-order valence-corrected chi connectivity index (χ2v) is 10.3. The van der Waals surface area contributed by atoms with Crippen molar-refractivity contribution in [1.82, 2.24) is 9.55 Å². The van der Waals surface area contributed by atoms with Gasteiger partial charge in [0.05, 0.1) is 28.4 Å². The van der Waals surface area contributed by atoms with E-state index in [4.69, 9.17) is 32.9 Å². The minimum atomic E-state index is 0.222. The maximum absolute atomic E-state index is 6.72. The fourth-order valence-electron chi connectivity index (χ4n) is 5.74. The largest absolute Gasteiger partial charge is 0.497 e. The number of methoxy groups -OCH3 is 1. The molecule has 2 heterocycles. The Labute approximate surface area is 193 Å². The van der Waals surface area contributed by atoms with E-state index < -0.39 is 0 Å². The number of halogens is 2. The van der Waals surface area contributed by atoms with Crippen LogP contribution in [0.1, 0.15) is 44.6 Å². The molecule has 0 amide bonds. The maximum Gasteiger partial charge on any atom is 0.211 e. The molecule has 6 heteroatoms. The van der Waals surface area contributed by atoms with Crippen LogP contribution in [0, 0.1) is 11.8 Å². The first-order chi connectivity index (χ1) is 15.0. The smallest absolute Gasteiger partial charge is 0.211 e. The topological polar surface area (TPSA) is 30.3 Å². The molecule has 3 aliphatic rings. The lowest BCUT2D eigenvalue weighted by molar-refractivity contribution is 0.355. The lowest BCUT2D eigenvalue weighted by Gasteiger charge is -2.33. The molecule has 2 aliphatic carbocycles. The Kier molecular flexibility index (Phi) is 4.49. The zero-order valence-corrected chi connectivity index (χ0v) is 19.5. The van der Waals surface area contributed by atoms with E-state index in [-0.39, 0.29) is 5.41 Å². The molecule has 162 valence electrons. The van der Waals surface area contributed by atoms with Crippen molar-refractivity contribution in [3.8, 4) is 5.75 Å². The SMILES string of the molecule is COc1ccc(N2CCCn3c2nc2c(Cl)ccc(C(C)(C4CC4)C4CC4)c23)c(Cl)c1. The highest BCUT2D eigenvalue weighted by atomic mass is 35.5. The number of nitrogens with zero attached hydrogens (tertiary/aromatic N) is 3. The van der Waals surface area contributed by atoms with Crippen LogP contribution in [0.5, 0.6) is 5.75 Å². The Morgan fingerprint density at radius 2 is 1.74 bits per heavy atom. The molecule has 0 atom stereocenters. The Hall–Kier alpha value is -1.91. The average molecular weight is 456 g/mol. The minimum absolute atomic E-state index is 0.222. The molecule has 3 aromatic rings. The Bertz CT molecular complexity index is 1170. The summed E-state index contributed by atoms with van der Waals surface area (Å²) in [5.74, 6) is 3.27. The number of hydrogen-bond acceptors (Lipinski definition) is 3. The summed E-state index contributed by atoms with van der Waals surface area (Å²) in [6.07, 6.45) is 6.39. The summed E-state index contributed by atoms with van der Waals surface area (Å²) in [6.45, 7) is 4.33. The Morgan fingerprint density at radius 1 is 1.00 bits per heavy atom. The molecule has 0 bridgehead atoms. The molecule has 1 aromatic heterocycles. The first-order valence-corrected chi connectivity index (χ1v) is 12.1. The predicted molar refractivity (Wildman–Crippen MR) is 127 cm³/mol. The Morgan fingerprint density at radius 3 is 2.39 bits per heavy atom. The van der Waals surface area contributed by atoms with Gasteiger partial charge in [0.1, 0.15) is 11.3 Å². The molecule has 0 spiro atoms. The summed E-state index contributed by atoms with van der Waals surface area (Å²) in [7, 11) is 1.66. The molecule has 0 unspecified atom stereocenters. The van der Waals surface area contributed by atoms with Gasteiger partial charge >= 0.3 is 0 Å². The third-order valence-corrected chi connectivity index (χ3v) is 8.31. The van der Waals surface area contributed by atoms with Crippen LogP contribution in [0.3, 0.4) is 0 Å². The number of imidazole rings is 1. The van der Waals surface area contributed by atoms with E-state index in [9.17, 15) is 0 Å². The average Bonchev–Trinajstić information content (AvgIpc) is 3.69. The molecule has 0 radical (unpaired) electrons. The molecular formula is C25H27Cl2N3O.